The van der Waals surface area contributed by atoms with Crippen molar-refractivity contribution in [3.05, 3.63) is 28.8 Å². The summed E-state index contributed by atoms with van der Waals surface area (Å²) in [6.45, 7) is 3.48. The van der Waals surface area contributed by atoms with E-state index < -0.39 is 27.5 Å². The molecule has 0 aliphatic carbocycles. The Bertz CT molecular complexity index is 655. The predicted molar refractivity (Wildman–Crippen MR) is 80.5 cm³/mol. The molecule has 0 aliphatic heterocycles. The van der Waals surface area contributed by atoms with Gasteiger partial charge >= 0.3 is 5.97 Å². The van der Waals surface area contributed by atoms with Crippen LogP contribution in [0.2, 0.25) is 5.02 Å². The molecule has 0 bridgehead atoms. The highest BCUT2D eigenvalue weighted by atomic mass is 35.5. The Kier molecular flexibility index (Phi) is 5.74. The summed E-state index contributed by atoms with van der Waals surface area (Å²) in [5.41, 5.74) is 0.0149. The van der Waals surface area contributed by atoms with Gasteiger partial charge in [-0.1, -0.05) is 25.4 Å². The quantitative estimate of drug-likeness (QED) is 0.829. The standard InChI is InChI=1S/C13H16ClNO5S/c1-8(2)6-21(19,20)7-12(16)15-11-5-9(13(17)18)3-4-10(11)14/h3-5,8H,6-7H2,1-2H3,(H,15,16)(H,17,18). The second-order valence-electron chi connectivity index (χ2n) is 5.00. The number of aromatic carboxylic acids is 1. The van der Waals surface area contributed by atoms with Crippen LogP contribution in [0.15, 0.2) is 18.2 Å². The van der Waals surface area contributed by atoms with Crippen LogP contribution >= 0.6 is 11.6 Å². The van der Waals surface area contributed by atoms with Gasteiger partial charge in [0.2, 0.25) is 5.91 Å². The van der Waals surface area contributed by atoms with Crippen molar-refractivity contribution in [3.63, 3.8) is 0 Å². The fourth-order valence-electron chi connectivity index (χ4n) is 1.71. The first-order valence-corrected chi connectivity index (χ1v) is 8.34. The first-order valence-electron chi connectivity index (χ1n) is 6.14. The van der Waals surface area contributed by atoms with Crippen molar-refractivity contribution in [1.82, 2.24) is 0 Å². The van der Waals surface area contributed by atoms with Crippen molar-refractivity contribution >= 4 is 39.0 Å². The van der Waals surface area contributed by atoms with E-state index >= 15 is 0 Å². The van der Waals surface area contributed by atoms with Crippen LogP contribution < -0.4 is 5.32 Å². The smallest absolute Gasteiger partial charge is 0.335 e. The molecular weight excluding hydrogens is 318 g/mol. The molecule has 0 fully saturated rings. The fourth-order valence-corrected chi connectivity index (χ4v) is 3.48. The number of rotatable bonds is 6. The number of benzene rings is 1. The van der Waals surface area contributed by atoms with Crippen LogP contribution in [0, 0.1) is 5.92 Å². The van der Waals surface area contributed by atoms with Crippen molar-refractivity contribution in [3.8, 4) is 0 Å². The number of carbonyl (C=O) groups is 2. The van der Waals surface area contributed by atoms with Crippen molar-refractivity contribution in [2.45, 2.75) is 13.8 Å². The molecule has 6 nitrogen and oxygen atoms in total. The van der Waals surface area contributed by atoms with Gasteiger partial charge in [-0.05, 0) is 24.1 Å². The van der Waals surface area contributed by atoms with Crippen LogP contribution in [0.1, 0.15) is 24.2 Å². The number of hydrogen-bond donors (Lipinski definition) is 2. The zero-order valence-corrected chi connectivity index (χ0v) is 13.2. The molecule has 0 heterocycles. The number of sulfone groups is 1. The Balaban J connectivity index is 2.84. The van der Waals surface area contributed by atoms with Gasteiger partial charge in [-0.25, -0.2) is 13.2 Å². The number of carboxylic acid groups (broad SMARTS) is 1. The molecular formula is C13H16ClNO5S. The summed E-state index contributed by atoms with van der Waals surface area (Å²) in [6.07, 6.45) is 0. The number of hydrogen-bond acceptors (Lipinski definition) is 4. The molecule has 0 aromatic heterocycles. The summed E-state index contributed by atoms with van der Waals surface area (Å²) in [7, 11) is -3.51. The zero-order chi connectivity index (χ0) is 16.2. The molecule has 0 unspecified atom stereocenters. The largest absolute Gasteiger partial charge is 0.478 e. The van der Waals surface area contributed by atoms with Gasteiger partial charge in [0.05, 0.1) is 22.0 Å². The van der Waals surface area contributed by atoms with E-state index in [4.69, 9.17) is 16.7 Å². The number of carboxylic acids is 1. The van der Waals surface area contributed by atoms with E-state index in [1.165, 1.54) is 18.2 Å². The van der Waals surface area contributed by atoms with Crippen LogP contribution in [0.5, 0.6) is 0 Å². The van der Waals surface area contributed by atoms with E-state index in [1.54, 1.807) is 13.8 Å². The number of nitrogens with one attached hydrogen (secondary N) is 1. The number of amides is 1. The van der Waals surface area contributed by atoms with Crippen molar-refractivity contribution in [2.75, 3.05) is 16.8 Å². The highest BCUT2D eigenvalue weighted by molar-refractivity contribution is 7.92. The third-order valence-electron chi connectivity index (χ3n) is 2.43. The number of carbonyl (C=O) groups excluding carboxylic acids is 1. The van der Waals surface area contributed by atoms with Crippen molar-refractivity contribution < 1.29 is 23.1 Å². The maximum Gasteiger partial charge on any atom is 0.335 e. The molecule has 1 aromatic carbocycles. The first-order chi connectivity index (χ1) is 9.60. The average Bonchev–Trinajstić information content (AvgIpc) is 2.28. The Hall–Kier alpha value is -1.60. The Morgan fingerprint density at radius 2 is 1.95 bits per heavy atom. The summed E-state index contributed by atoms with van der Waals surface area (Å²) < 4.78 is 23.4. The molecule has 0 spiro atoms. The molecule has 1 amide bonds. The van der Waals surface area contributed by atoms with E-state index in [-0.39, 0.29) is 27.9 Å². The molecule has 1 rings (SSSR count). The monoisotopic (exact) mass is 333 g/mol. The minimum Gasteiger partial charge on any atom is -0.478 e. The maximum absolute atomic E-state index is 11.7. The minimum absolute atomic E-state index is 0.0558. The van der Waals surface area contributed by atoms with E-state index in [9.17, 15) is 18.0 Å². The third-order valence-corrected chi connectivity index (χ3v) is 4.63. The summed E-state index contributed by atoms with van der Waals surface area (Å²) >= 11 is 5.84. The van der Waals surface area contributed by atoms with Crippen LogP contribution in [0.25, 0.3) is 0 Å². The maximum atomic E-state index is 11.7. The van der Waals surface area contributed by atoms with Gasteiger partial charge in [0.25, 0.3) is 0 Å². The molecule has 8 heteroatoms. The van der Waals surface area contributed by atoms with Gasteiger partial charge in [0, 0.05) is 0 Å². The third kappa shape index (κ3) is 5.73. The van der Waals surface area contributed by atoms with E-state index in [0.29, 0.717) is 0 Å². The first kappa shape index (κ1) is 17.5. The molecule has 0 radical (unpaired) electrons. The molecule has 1 aromatic rings. The Morgan fingerprint density at radius 3 is 2.48 bits per heavy atom. The van der Waals surface area contributed by atoms with Crippen LogP contribution in [-0.4, -0.2) is 36.9 Å². The highest BCUT2D eigenvalue weighted by Gasteiger charge is 2.19. The van der Waals surface area contributed by atoms with Gasteiger partial charge in [-0.15, -0.1) is 0 Å². The molecule has 0 aliphatic rings. The second-order valence-corrected chi connectivity index (χ2v) is 7.51. The molecule has 2 N–H and O–H groups in total. The van der Waals surface area contributed by atoms with Crippen molar-refractivity contribution in [2.24, 2.45) is 5.92 Å². The van der Waals surface area contributed by atoms with Gasteiger partial charge < -0.3 is 10.4 Å². The summed E-state index contributed by atoms with van der Waals surface area (Å²) in [6, 6.07) is 3.79. The molecule has 116 valence electrons. The molecule has 0 saturated carbocycles. The normalized spacial score (nSPS) is 11.4. The number of anilines is 1. The van der Waals surface area contributed by atoms with Gasteiger partial charge in [0.15, 0.2) is 9.84 Å². The topological polar surface area (TPSA) is 101 Å². The minimum atomic E-state index is -3.51. The van der Waals surface area contributed by atoms with E-state index in [2.05, 4.69) is 5.32 Å². The molecule has 0 saturated heterocycles. The van der Waals surface area contributed by atoms with Gasteiger partial charge in [-0.2, -0.15) is 0 Å². The Morgan fingerprint density at radius 1 is 1.33 bits per heavy atom. The lowest BCUT2D eigenvalue weighted by atomic mass is 10.2. The highest BCUT2D eigenvalue weighted by Crippen LogP contribution is 2.23. The van der Waals surface area contributed by atoms with Crippen molar-refractivity contribution in [1.29, 1.82) is 0 Å². The Labute approximate surface area is 128 Å². The fraction of sp³-hybridized carbons (Fsp3) is 0.385. The summed E-state index contributed by atoms with van der Waals surface area (Å²) in [5, 5.41) is 11.3. The zero-order valence-electron chi connectivity index (χ0n) is 11.6. The van der Waals surface area contributed by atoms with Gasteiger partial charge in [0.1, 0.15) is 5.75 Å². The molecule has 0 atom stereocenters. The van der Waals surface area contributed by atoms with Crippen LogP contribution in [0.3, 0.4) is 0 Å². The lowest BCUT2D eigenvalue weighted by Gasteiger charge is -2.10. The second kappa shape index (κ2) is 6.91. The lowest BCUT2D eigenvalue weighted by molar-refractivity contribution is -0.113. The van der Waals surface area contributed by atoms with Crippen LogP contribution in [-0.2, 0) is 14.6 Å². The predicted octanol–water partition coefficient (Wildman–Crippen LogP) is 2.05. The summed E-state index contributed by atoms with van der Waals surface area (Å²) in [4.78, 5) is 22.6. The van der Waals surface area contributed by atoms with Crippen LogP contribution in [0.4, 0.5) is 5.69 Å². The SMILES string of the molecule is CC(C)CS(=O)(=O)CC(=O)Nc1cc(C(=O)O)ccc1Cl. The average molecular weight is 334 g/mol. The number of halogens is 1. The van der Waals surface area contributed by atoms with E-state index in [0.717, 1.165) is 0 Å². The van der Waals surface area contributed by atoms with Gasteiger partial charge in [-0.3, -0.25) is 4.79 Å². The molecule has 21 heavy (non-hydrogen) atoms. The lowest BCUT2D eigenvalue weighted by Crippen LogP contribution is -2.26. The summed E-state index contributed by atoms with van der Waals surface area (Å²) in [5.74, 6) is -2.77. The van der Waals surface area contributed by atoms with E-state index in [1.807, 2.05) is 0 Å².